The molecule has 1 saturated heterocycles. The Balaban J connectivity index is 2.20. The number of aliphatic hydroxyl groups excluding tert-OH is 1. The molecular weight excluding hydrogens is 190 g/mol. The van der Waals surface area contributed by atoms with Gasteiger partial charge in [-0.1, -0.05) is 0 Å². The van der Waals surface area contributed by atoms with Crippen molar-refractivity contribution in [1.29, 1.82) is 0 Å². The van der Waals surface area contributed by atoms with Gasteiger partial charge in [0.25, 0.3) is 0 Å². The van der Waals surface area contributed by atoms with Crippen LogP contribution >= 0.6 is 0 Å². The van der Waals surface area contributed by atoms with Crippen LogP contribution in [-0.4, -0.2) is 30.3 Å². The Morgan fingerprint density at radius 2 is 2.00 bits per heavy atom. The first kappa shape index (κ1) is 10.3. The van der Waals surface area contributed by atoms with Crippen molar-refractivity contribution in [2.45, 2.75) is 18.6 Å². The van der Waals surface area contributed by atoms with Gasteiger partial charge in [0.15, 0.2) is 0 Å². The zero-order chi connectivity index (χ0) is 10.8. The lowest BCUT2D eigenvalue weighted by Crippen LogP contribution is -2.41. The second kappa shape index (κ2) is 4.08. The molecule has 0 amide bonds. The molecule has 2 unspecified atom stereocenters. The van der Waals surface area contributed by atoms with Gasteiger partial charge in [-0.3, -0.25) is 0 Å². The van der Waals surface area contributed by atoms with Crippen LogP contribution in [0.1, 0.15) is 6.42 Å². The molecule has 1 aromatic carbocycles. The van der Waals surface area contributed by atoms with Gasteiger partial charge in [-0.05, 0) is 30.7 Å². The maximum Gasteiger partial charge on any atom is 0.0772 e. The summed E-state index contributed by atoms with van der Waals surface area (Å²) in [5.41, 5.74) is 13.1. The van der Waals surface area contributed by atoms with Crippen LogP contribution in [0.3, 0.4) is 0 Å². The molecule has 4 heteroatoms. The zero-order valence-electron chi connectivity index (χ0n) is 8.63. The minimum absolute atomic E-state index is 0.0358. The highest BCUT2D eigenvalue weighted by Gasteiger charge is 2.31. The van der Waals surface area contributed by atoms with E-state index in [-0.39, 0.29) is 12.1 Å². The summed E-state index contributed by atoms with van der Waals surface area (Å²) in [6.45, 7) is 1.33. The highest BCUT2D eigenvalue weighted by molar-refractivity contribution is 5.54. The fourth-order valence-electron chi connectivity index (χ4n) is 2.11. The molecule has 0 radical (unpaired) electrons. The molecule has 1 aliphatic rings. The van der Waals surface area contributed by atoms with E-state index in [9.17, 15) is 5.11 Å². The van der Waals surface area contributed by atoms with E-state index in [4.69, 9.17) is 11.5 Å². The molecule has 1 fully saturated rings. The molecule has 0 aliphatic carbocycles. The Kier molecular flexibility index (Phi) is 2.79. The van der Waals surface area contributed by atoms with E-state index in [0.717, 1.165) is 24.3 Å². The SMILES string of the molecule is NCC1C(O)CCN1c1ccc(N)cc1. The summed E-state index contributed by atoms with van der Waals surface area (Å²) in [5.74, 6) is 0. The molecule has 1 aliphatic heterocycles. The molecule has 4 nitrogen and oxygen atoms in total. The highest BCUT2D eigenvalue weighted by Crippen LogP contribution is 2.25. The molecule has 5 N–H and O–H groups in total. The van der Waals surface area contributed by atoms with Crippen LogP contribution < -0.4 is 16.4 Å². The van der Waals surface area contributed by atoms with Crippen molar-refractivity contribution in [3.8, 4) is 0 Å². The molecule has 2 atom stereocenters. The summed E-state index contributed by atoms with van der Waals surface area (Å²) in [6, 6.07) is 7.71. The fraction of sp³-hybridized carbons (Fsp3) is 0.455. The van der Waals surface area contributed by atoms with Crippen LogP contribution in [-0.2, 0) is 0 Å². The van der Waals surface area contributed by atoms with Crippen LogP contribution in [0.4, 0.5) is 11.4 Å². The van der Waals surface area contributed by atoms with Gasteiger partial charge in [0.1, 0.15) is 0 Å². The van der Waals surface area contributed by atoms with E-state index in [2.05, 4.69) is 4.90 Å². The average Bonchev–Trinajstić information content (AvgIpc) is 2.61. The van der Waals surface area contributed by atoms with E-state index in [1.807, 2.05) is 24.3 Å². The molecule has 82 valence electrons. The summed E-state index contributed by atoms with van der Waals surface area (Å²) < 4.78 is 0. The lowest BCUT2D eigenvalue weighted by atomic mass is 10.1. The first-order valence-electron chi connectivity index (χ1n) is 5.22. The molecule has 1 aromatic rings. The molecule has 2 rings (SSSR count). The fourth-order valence-corrected chi connectivity index (χ4v) is 2.11. The van der Waals surface area contributed by atoms with Gasteiger partial charge in [-0.2, -0.15) is 0 Å². The lowest BCUT2D eigenvalue weighted by molar-refractivity contribution is 0.166. The van der Waals surface area contributed by atoms with Crippen LogP contribution in [0.25, 0.3) is 0 Å². The van der Waals surface area contributed by atoms with Crippen LogP contribution in [0, 0.1) is 0 Å². The molecule has 0 spiro atoms. The van der Waals surface area contributed by atoms with Crippen molar-refractivity contribution in [2.75, 3.05) is 23.7 Å². The number of hydrogen-bond acceptors (Lipinski definition) is 4. The van der Waals surface area contributed by atoms with E-state index >= 15 is 0 Å². The number of rotatable bonds is 2. The number of nitrogen functional groups attached to an aromatic ring is 1. The maximum atomic E-state index is 9.73. The highest BCUT2D eigenvalue weighted by atomic mass is 16.3. The van der Waals surface area contributed by atoms with Gasteiger partial charge in [0.05, 0.1) is 12.1 Å². The molecule has 0 saturated carbocycles. The number of nitrogens with zero attached hydrogens (tertiary/aromatic N) is 1. The van der Waals surface area contributed by atoms with Crippen LogP contribution in [0.2, 0.25) is 0 Å². The number of benzene rings is 1. The summed E-state index contributed by atoms with van der Waals surface area (Å²) in [6.07, 6.45) is 0.472. The number of aliphatic hydroxyl groups is 1. The van der Waals surface area contributed by atoms with Gasteiger partial charge < -0.3 is 21.5 Å². The van der Waals surface area contributed by atoms with Crippen molar-refractivity contribution in [3.05, 3.63) is 24.3 Å². The zero-order valence-corrected chi connectivity index (χ0v) is 8.63. The third kappa shape index (κ3) is 1.91. The van der Waals surface area contributed by atoms with Gasteiger partial charge in [-0.25, -0.2) is 0 Å². The van der Waals surface area contributed by atoms with Crippen molar-refractivity contribution < 1.29 is 5.11 Å². The third-order valence-electron chi connectivity index (χ3n) is 2.98. The standard InChI is InChI=1S/C11H17N3O/c12-7-10-11(15)5-6-14(10)9-3-1-8(13)2-4-9/h1-4,10-11,15H,5-7,12-13H2. The molecule has 0 bridgehead atoms. The van der Waals surface area contributed by atoms with Gasteiger partial charge in [-0.15, -0.1) is 0 Å². The predicted octanol–water partition coefficient (Wildman–Crippen LogP) is 0.167. The lowest BCUT2D eigenvalue weighted by Gasteiger charge is -2.27. The van der Waals surface area contributed by atoms with Crippen molar-refractivity contribution >= 4 is 11.4 Å². The van der Waals surface area contributed by atoms with Gasteiger partial charge >= 0.3 is 0 Å². The van der Waals surface area contributed by atoms with Crippen molar-refractivity contribution in [3.63, 3.8) is 0 Å². The Morgan fingerprint density at radius 1 is 1.33 bits per heavy atom. The van der Waals surface area contributed by atoms with E-state index in [1.54, 1.807) is 0 Å². The summed E-state index contributed by atoms with van der Waals surface area (Å²) >= 11 is 0. The minimum atomic E-state index is -0.312. The van der Waals surface area contributed by atoms with Crippen LogP contribution in [0.5, 0.6) is 0 Å². The van der Waals surface area contributed by atoms with Crippen LogP contribution in [0.15, 0.2) is 24.3 Å². The molecular formula is C11H17N3O. The molecule has 15 heavy (non-hydrogen) atoms. The molecule has 1 heterocycles. The largest absolute Gasteiger partial charge is 0.399 e. The summed E-state index contributed by atoms with van der Waals surface area (Å²) in [7, 11) is 0. The van der Waals surface area contributed by atoms with E-state index < -0.39 is 0 Å². The topological polar surface area (TPSA) is 75.5 Å². The molecule has 0 aromatic heterocycles. The Hall–Kier alpha value is -1.26. The second-order valence-electron chi connectivity index (χ2n) is 3.94. The van der Waals surface area contributed by atoms with Gasteiger partial charge in [0.2, 0.25) is 0 Å². The van der Waals surface area contributed by atoms with Crippen molar-refractivity contribution in [2.24, 2.45) is 5.73 Å². The Bertz CT molecular complexity index is 325. The Labute approximate surface area is 89.5 Å². The first-order chi connectivity index (χ1) is 7.22. The van der Waals surface area contributed by atoms with Crippen molar-refractivity contribution in [1.82, 2.24) is 0 Å². The first-order valence-corrected chi connectivity index (χ1v) is 5.22. The minimum Gasteiger partial charge on any atom is -0.399 e. The average molecular weight is 207 g/mol. The summed E-state index contributed by atoms with van der Waals surface area (Å²) in [5, 5.41) is 9.73. The maximum absolute atomic E-state index is 9.73. The number of nitrogens with two attached hydrogens (primary N) is 2. The quantitative estimate of drug-likeness (QED) is 0.604. The van der Waals surface area contributed by atoms with E-state index in [1.165, 1.54) is 0 Å². The third-order valence-corrected chi connectivity index (χ3v) is 2.98. The normalized spacial score (nSPS) is 25.9. The second-order valence-corrected chi connectivity index (χ2v) is 3.94. The summed E-state index contributed by atoms with van der Waals surface area (Å²) in [4.78, 5) is 2.14. The monoisotopic (exact) mass is 207 g/mol. The van der Waals surface area contributed by atoms with Gasteiger partial charge in [0, 0.05) is 24.5 Å². The number of anilines is 2. The number of hydrogen-bond donors (Lipinski definition) is 3. The predicted molar refractivity (Wildman–Crippen MR) is 61.7 cm³/mol. The Morgan fingerprint density at radius 3 is 2.60 bits per heavy atom. The smallest absolute Gasteiger partial charge is 0.0772 e. The van der Waals surface area contributed by atoms with E-state index in [0.29, 0.717) is 6.54 Å².